The number of H-pyrrole nitrogens is 1. The highest BCUT2D eigenvalue weighted by Crippen LogP contribution is 2.23. The molecule has 0 radical (unpaired) electrons. The molecule has 0 saturated carbocycles. The number of rotatable bonds is 5. The number of hydrogen-bond acceptors (Lipinski definition) is 6. The van der Waals surface area contributed by atoms with Crippen LogP contribution in [0.25, 0.3) is 0 Å². The van der Waals surface area contributed by atoms with Crippen LogP contribution in [0.2, 0.25) is 0 Å². The number of carbonyl (C=O) groups is 2. The summed E-state index contributed by atoms with van der Waals surface area (Å²) in [6.45, 7) is 6.82. The van der Waals surface area contributed by atoms with Gasteiger partial charge in [-0.25, -0.2) is 0 Å². The van der Waals surface area contributed by atoms with Crippen LogP contribution >= 0.6 is 0 Å². The number of Topliss-reactive ketones (excluding diaryl/α,β-unsaturated/α-hetero) is 1. The zero-order valence-electron chi connectivity index (χ0n) is 17.6. The quantitative estimate of drug-likeness (QED) is 0.759. The van der Waals surface area contributed by atoms with Crippen LogP contribution in [0.1, 0.15) is 40.7 Å². The van der Waals surface area contributed by atoms with Crippen molar-refractivity contribution in [3.63, 3.8) is 0 Å². The molecule has 30 heavy (non-hydrogen) atoms. The molecule has 1 N–H and O–H groups in total. The third-order valence-electron chi connectivity index (χ3n) is 6.12. The number of amides is 1. The average molecular weight is 412 g/mol. The normalized spacial score (nSPS) is 20.3. The summed E-state index contributed by atoms with van der Waals surface area (Å²) < 4.78 is 5.25. The first-order chi connectivity index (χ1) is 14.5. The van der Waals surface area contributed by atoms with Gasteiger partial charge in [0.05, 0.1) is 7.11 Å². The van der Waals surface area contributed by atoms with Crippen molar-refractivity contribution in [2.75, 3.05) is 51.3 Å². The van der Waals surface area contributed by atoms with E-state index in [4.69, 9.17) is 4.74 Å². The zero-order valence-corrected chi connectivity index (χ0v) is 17.6. The topological polar surface area (TPSA) is 81.8 Å². The minimum absolute atomic E-state index is 0.0726. The Kier molecular flexibility index (Phi) is 6.03. The highest BCUT2D eigenvalue weighted by atomic mass is 16.5. The Balaban J connectivity index is 1.33. The van der Waals surface area contributed by atoms with Crippen LogP contribution in [-0.2, 0) is 0 Å². The van der Waals surface area contributed by atoms with Gasteiger partial charge < -0.3 is 14.5 Å². The van der Waals surface area contributed by atoms with Crippen LogP contribution in [0.15, 0.2) is 30.3 Å². The number of aromatic nitrogens is 2. The number of anilines is 1. The van der Waals surface area contributed by atoms with E-state index < -0.39 is 0 Å². The van der Waals surface area contributed by atoms with E-state index in [0.29, 0.717) is 17.4 Å². The minimum Gasteiger partial charge on any atom is -0.497 e. The summed E-state index contributed by atoms with van der Waals surface area (Å²) in [4.78, 5) is 31.1. The monoisotopic (exact) mass is 411 g/mol. The van der Waals surface area contributed by atoms with Gasteiger partial charge in [0, 0.05) is 57.9 Å². The third kappa shape index (κ3) is 4.33. The minimum atomic E-state index is -0.142. The molecule has 2 aliphatic heterocycles. The summed E-state index contributed by atoms with van der Waals surface area (Å²) in [6.07, 6.45) is 2.09. The first-order valence-corrected chi connectivity index (χ1v) is 10.5. The van der Waals surface area contributed by atoms with Crippen LogP contribution in [0.4, 0.5) is 5.69 Å². The summed E-state index contributed by atoms with van der Waals surface area (Å²) in [5.74, 6) is 0.658. The number of methoxy groups -OCH3 is 1. The van der Waals surface area contributed by atoms with Crippen molar-refractivity contribution in [3.8, 4) is 5.75 Å². The van der Waals surface area contributed by atoms with E-state index >= 15 is 0 Å². The van der Waals surface area contributed by atoms with Crippen molar-refractivity contribution in [2.24, 2.45) is 0 Å². The highest BCUT2D eigenvalue weighted by Gasteiger charge is 2.31. The molecule has 2 saturated heterocycles. The summed E-state index contributed by atoms with van der Waals surface area (Å²) >= 11 is 0. The average Bonchev–Trinajstić information content (AvgIpc) is 3.30. The standard InChI is InChI=1S/C22H29N5O3/c1-16(28)20-14-21(24-23-20)22(29)27-9-3-4-18(15-27)26-12-10-25(11-13-26)17-5-7-19(30-2)8-6-17/h5-8,14,18H,3-4,9-13,15H2,1-2H3,(H,23,24)/t18-/m1/s1. The van der Waals surface area contributed by atoms with Crippen LogP contribution in [0, 0.1) is 0 Å². The van der Waals surface area contributed by atoms with Crippen LogP contribution < -0.4 is 9.64 Å². The fraction of sp³-hybridized carbons (Fsp3) is 0.500. The number of aromatic amines is 1. The molecule has 0 spiro atoms. The number of nitrogens with one attached hydrogen (secondary N) is 1. The molecular weight excluding hydrogens is 382 g/mol. The predicted octanol–water partition coefficient (Wildman–Crippen LogP) is 2.05. The fourth-order valence-electron chi connectivity index (χ4n) is 4.36. The molecule has 0 unspecified atom stereocenters. The number of ketones is 1. The molecule has 4 rings (SSSR count). The van der Waals surface area contributed by atoms with E-state index in [1.54, 1.807) is 13.2 Å². The summed E-state index contributed by atoms with van der Waals surface area (Å²) in [5, 5.41) is 6.66. The van der Waals surface area contributed by atoms with Crippen molar-refractivity contribution in [1.82, 2.24) is 20.0 Å². The molecular formula is C22H29N5O3. The summed E-state index contributed by atoms with van der Waals surface area (Å²) in [7, 11) is 1.68. The molecule has 1 amide bonds. The molecule has 8 nitrogen and oxygen atoms in total. The maximum absolute atomic E-state index is 12.9. The van der Waals surface area contributed by atoms with E-state index in [9.17, 15) is 9.59 Å². The van der Waals surface area contributed by atoms with Gasteiger partial charge in [-0.3, -0.25) is 19.6 Å². The second-order valence-electron chi connectivity index (χ2n) is 7.99. The molecule has 0 bridgehead atoms. The Hall–Kier alpha value is -2.87. The third-order valence-corrected chi connectivity index (χ3v) is 6.12. The van der Waals surface area contributed by atoms with Crippen molar-refractivity contribution in [2.45, 2.75) is 25.8 Å². The van der Waals surface area contributed by atoms with Gasteiger partial charge >= 0.3 is 0 Å². The molecule has 2 aliphatic rings. The van der Waals surface area contributed by atoms with Gasteiger partial charge in [-0.15, -0.1) is 0 Å². The number of hydrogen-bond donors (Lipinski definition) is 1. The van der Waals surface area contributed by atoms with Gasteiger partial charge in [0.2, 0.25) is 0 Å². The predicted molar refractivity (Wildman–Crippen MR) is 114 cm³/mol. The number of ether oxygens (including phenoxy) is 1. The van der Waals surface area contributed by atoms with E-state index in [2.05, 4.69) is 32.1 Å². The highest BCUT2D eigenvalue weighted by molar-refractivity contribution is 5.97. The molecule has 2 fully saturated rings. The Morgan fingerprint density at radius 3 is 2.47 bits per heavy atom. The lowest BCUT2D eigenvalue weighted by molar-refractivity contribution is 0.0558. The molecule has 1 aromatic heterocycles. The number of piperidine rings is 1. The molecule has 0 aliphatic carbocycles. The second-order valence-corrected chi connectivity index (χ2v) is 7.99. The first-order valence-electron chi connectivity index (χ1n) is 10.5. The second kappa shape index (κ2) is 8.87. The van der Waals surface area contributed by atoms with Crippen LogP contribution in [0.5, 0.6) is 5.75 Å². The smallest absolute Gasteiger partial charge is 0.271 e. The number of nitrogens with zero attached hydrogens (tertiary/aromatic N) is 4. The summed E-state index contributed by atoms with van der Waals surface area (Å²) in [6, 6.07) is 10.1. The number of benzene rings is 1. The van der Waals surface area contributed by atoms with Crippen LogP contribution in [0.3, 0.4) is 0 Å². The van der Waals surface area contributed by atoms with E-state index in [0.717, 1.165) is 57.9 Å². The number of likely N-dealkylation sites (tertiary alicyclic amines) is 1. The molecule has 1 aromatic carbocycles. The molecule has 2 aromatic rings. The molecule has 1 atom stereocenters. The van der Waals surface area contributed by atoms with Gasteiger partial charge in [-0.2, -0.15) is 5.10 Å². The maximum atomic E-state index is 12.9. The fourth-order valence-corrected chi connectivity index (χ4v) is 4.36. The lowest BCUT2D eigenvalue weighted by Crippen LogP contribution is -2.55. The van der Waals surface area contributed by atoms with Gasteiger partial charge in [0.1, 0.15) is 17.1 Å². The Bertz CT molecular complexity index is 886. The van der Waals surface area contributed by atoms with Gasteiger partial charge in [-0.1, -0.05) is 0 Å². The lowest BCUT2D eigenvalue weighted by atomic mass is 10.0. The largest absolute Gasteiger partial charge is 0.497 e. The number of piperazine rings is 1. The van der Waals surface area contributed by atoms with Gasteiger partial charge in [0.25, 0.3) is 5.91 Å². The Labute approximate surface area is 176 Å². The molecule has 160 valence electrons. The SMILES string of the molecule is COc1ccc(N2CCN([C@@H]3CCCN(C(=O)c4cc(C(C)=O)n[nH]4)C3)CC2)cc1. The van der Waals surface area contributed by atoms with E-state index in [-0.39, 0.29) is 11.7 Å². The van der Waals surface area contributed by atoms with Gasteiger partial charge in [0.15, 0.2) is 5.78 Å². The first kappa shape index (κ1) is 20.4. The van der Waals surface area contributed by atoms with Crippen molar-refractivity contribution >= 4 is 17.4 Å². The Morgan fingerprint density at radius 1 is 1.10 bits per heavy atom. The molecule has 3 heterocycles. The van der Waals surface area contributed by atoms with Crippen molar-refractivity contribution in [1.29, 1.82) is 0 Å². The van der Waals surface area contributed by atoms with E-state index in [1.807, 2.05) is 17.0 Å². The number of carbonyl (C=O) groups excluding carboxylic acids is 2. The maximum Gasteiger partial charge on any atom is 0.271 e. The van der Waals surface area contributed by atoms with Crippen LogP contribution in [-0.4, -0.2) is 84.1 Å². The van der Waals surface area contributed by atoms with E-state index in [1.165, 1.54) is 12.6 Å². The lowest BCUT2D eigenvalue weighted by Gasteiger charge is -2.43. The van der Waals surface area contributed by atoms with Gasteiger partial charge in [-0.05, 0) is 43.2 Å². The Morgan fingerprint density at radius 2 is 1.83 bits per heavy atom. The van der Waals surface area contributed by atoms with Crippen molar-refractivity contribution < 1.29 is 14.3 Å². The zero-order chi connectivity index (χ0) is 21.1. The van der Waals surface area contributed by atoms with Crippen molar-refractivity contribution in [3.05, 3.63) is 41.7 Å². The molecule has 8 heteroatoms. The summed E-state index contributed by atoms with van der Waals surface area (Å²) in [5.41, 5.74) is 1.92.